The Labute approximate surface area is 121 Å². The van der Waals surface area contributed by atoms with E-state index in [4.69, 9.17) is 5.11 Å². The lowest BCUT2D eigenvalue weighted by atomic mass is 10.2. The lowest BCUT2D eigenvalue weighted by Gasteiger charge is -2.12. The first kappa shape index (κ1) is 16.5. The van der Waals surface area contributed by atoms with Crippen molar-refractivity contribution >= 4 is 39.1 Å². The molecule has 2 N–H and O–H groups in total. The molecule has 0 bridgehead atoms. The van der Waals surface area contributed by atoms with Gasteiger partial charge >= 0.3 is 5.97 Å². The van der Waals surface area contributed by atoms with E-state index in [1.807, 2.05) is 13.2 Å². The van der Waals surface area contributed by atoms with Crippen molar-refractivity contribution in [3.63, 3.8) is 0 Å². The first-order valence-electron chi connectivity index (χ1n) is 5.59. The molecule has 0 spiro atoms. The summed E-state index contributed by atoms with van der Waals surface area (Å²) >= 11 is 2.57. The molecule has 1 aromatic rings. The minimum Gasteiger partial charge on any atom is -0.477 e. The number of aryl methyl sites for hydroxylation is 1. The number of thiophene rings is 1. The van der Waals surface area contributed by atoms with Crippen molar-refractivity contribution in [2.24, 2.45) is 5.92 Å². The van der Waals surface area contributed by atoms with Gasteiger partial charge in [0.2, 0.25) is 10.0 Å². The van der Waals surface area contributed by atoms with Crippen molar-refractivity contribution < 1.29 is 18.3 Å². The summed E-state index contributed by atoms with van der Waals surface area (Å²) in [6, 6.07) is 0. The van der Waals surface area contributed by atoms with E-state index in [2.05, 4.69) is 4.72 Å². The Kier molecular flexibility index (Phi) is 5.84. The fourth-order valence-corrected chi connectivity index (χ4v) is 5.06. The minimum atomic E-state index is -3.77. The average molecular weight is 323 g/mol. The molecule has 0 radical (unpaired) electrons. The van der Waals surface area contributed by atoms with Crippen molar-refractivity contribution in [3.05, 3.63) is 15.8 Å². The molecule has 0 aliphatic heterocycles. The van der Waals surface area contributed by atoms with Crippen LogP contribution in [0.25, 0.3) is 0 Å². The van der Waals surface area contributed by atoms with Crippen LogP contribution in [0.15, 0.2) is 10.3 Å². The van der Waals surface area contributed by atoms with E-state index < -0.39 is 16.0 Å². The molecule has 8 heteroatoms. The van der Waals surface area contributed by atoms with E-state index in [0.29, 0.717) is 12.1 Å². The van der Waals surface area contributed by atoms with Crippen molar-refractivity contribution in [2.75, 3.05) is 18.6 Å². The maximum atomic E-state index is 12.2. The van der Waals surface area contributed by atoms with Crippen molar-refractivity contribution in [1.29, 1.82) is 0 Å². The van der Waals surface area contributed by atoms with Gasteiger partial charge < -0.3 is 5.11 Å². The molecule has 1 atom stereocenters. The van der Waals surface area contributed by atoms with Gasteiger partial charge in [-0.3, -0.25) is 0 Å². The van der Waals surface area contributed by atoms with Crippen LogP contribution in [0, 0.1) is 12.8 Å². The summed E-state index contributed by atoms with van der Waals surface area (Å²) in [7, 11) is -3.77. The highest BCUT2D eigenvalue weighted by molar-refractivity contribution is 7.98. The number of rotatable bonds is 7. The van der Waals surface area contributed by atoms with Crippen LogP contribution in [0.4, 0.5) is 0 Å². The van der Waals surface area contributed by atoms with Crippen LogP contribution in [-0.2, 0) is 10.0 Å². The molecular formula is C11H17NO4S3. The van der Waals surface area contributed by atoms with Crippen LogP contribution in [0.1, 0.15) is 22.2 Å². The van der Waals surface area contributed by atoms with Crippen LogP contribution in [-0.4, -0.2) is 38.0 Å². The topological polar surface area (TPSA) is 83.5 Å². The molecule has 1 rings (SSSR count). The molecule has 0 aliphatic carbocycles. The van der Waals surface area contributed by atoms with Crippen molar-refractivity contribution in [3.8, 4) is 0 Å². The Morgan fingerprint density at radius 1 is 1.58 bits per heavy atom. The van der Waals surface area contributed by atoms with E-state index in [-0.39, 0.29) is 15.7 Å². The number of nitrogens with one attached hydrogen (secondary N) is 1. The van der Waals surface area contributed by atoms with Gasteiger partial charge in [0.05, 0.1) is 0 Å². The van der Waals surface area contributed by atoms with E-state index in [9.17, 15) is 13.2 Å². The smallest absolute Gasteiger partial charge is 0.347 e. The van der Waals surface area contributed by atoms with Crippen molar-refractivity contribution in [1.82, 2.24) is 4.72 Å². The fourth-order valence-electron chi connectivity index (χ4n) is 1.58. The molecule has 19 heavy (non-hydrogen) atoms. The van der Waals surface area contributed by atoms with Crippen LogP contribution in [0.2, 0.25) is 0 Å². The van der Waals surface area contributed by atoms with Gasteiger partial charge in [0.25, 0.3) is 0 Å². The zero-order chi connectivity index (χ0) is 14.6. The molecule has 0 amide bonds. The number of carboxylic acids is 1. The summed E-state index contributed by atoms with van der Waals surface area (Å²) in [5.41, 5.74) is 0.465. The van der Waals surface area contributed by atoms with Gasteiger partial charge in [-0.1, -0.05) is 6.92 Å². The Balaban J connectivity index is 2.95. The Hall–Kier alpha value is -0.570. The summed E-state index contributed by atoms with van der Waals surface area (Å²) in [4.78, 5) is 10.8. The summed E-state index contributed by atoms with van der Waals surface area (Å²) in [5, 5.41) is 10.6. The normalized spacial score (nSPS) is 13.4. The first-order valence-corrected chi connectivity index (χ1v) is 9.35. The van der Waals surface area contributed by atoms with E-state index in [0.717, 1.165) is 17.1 Å². The highest BCUT2D eigenvalue weighted by atomic mass is 32.2. The molecule has 0 saturated carbocycles. The maximum absolute atomic E-state index is 12.2. The second-order valence-corrected chi connectivity index (χ2v) is 7.79. The van der Waals surface area contributed by atoms with E-state index >= 15 is 0 Å². The molecule has 0 aromatic carbocycles. The Bertz CT molecular complexity index is 550. The second-order valence-electron chi connectivity index (χ2n) is 4.29. The summed E-state index contributed by atoms with van der Waals surface area (Å²) in [6.07, 6.45) is 1.95. The Morgan fingerprint density at radius 3 is 2.74 bits per heavy atom. The van der Waals surface area contributed by atoms with Gasteiger partial charge in [0.1, 0.15) is 9.77 Å². The third kappa shape index (κ3) is 4.20. The molecule has 0 saturated heterocycles. The van der Waals surface area contributed by atoms with Gasteiger partial charge in [-0.05, 0) is 35.8 Å². The summed E-state index contributed by atoms with van der Waals surface area (Å²) in [5.74, 6) is -0.177. The molecule has 5 nitrogen and oxygen atoms in total. The highest BCUT2D eigenvalue weighted by Gasteiger charge is 2.26. The van der Waals surface area contributed by atoms with E-state index in [1.54, 1.807) is 24.1 Å². The molecule has 108 valence electrons. The maximum Gasteiger partial charge on any atom is 0.347 e. The fraction of sp³-hybridized carbons (Fsp3) is 0.545. The van der Waals surface area contributed by atoms with Crippen LogP contribution in [0.5, 0.6) is 0 Å². The monoisotopic (exact) mass is 323 g/mol. The van der Waals surface area contributed by atoms with Gasteiger partial charge in [-0.25, -0.2) is 17.9 Å². The number of aromatic carboxylic acids is 1. The summed E-state index contributed by atoms with van der Waals surface area (Å²) in [6.45, 7) is 3.85. The first-order chi connectivity index (χ1) is 8.79. The van der Waals surface area contributed by atoms with Gasteiger partial charge in [0, 0.05) is 6.54 Å². The molecular weight excluding hydrogens is 306 g/mol. The zero-order valence-electron chi connectivity index (χ0n) is 11.0. The standard InChI is InChI=1S/C11H17NO4S3/c1-7(5-17-3)4-12-19(15,16)10-8(2)6-18-9(10)11(13)14/h6-7,12H,4-5H2,1-3H3,(H,13,14). The van der Waals surface area contributed by atoms with E-state index in [1.165, 1.54) is 0 Å². The molecule has 1 aromatic heterocycles. The number of carbonyl (C=O) groups is 1. The largest absolute Gasteiger partial charge is 0.477 e. The van der Waals surface area contributed by atoms with Crippen LogP contribution in [0.3, 0.4) is 0 Å². The average Bonchev–Trinajstić information content (AvgIpc) is 2.70. The predicted molar refractivity (Wildman–Crippen MR) is 78.7 cm³/mol. The third-order valence-corrected chi connectivity index (χ3v) is 6.18. The number of thioether (sulfide) groups is 1. The van der Waals surface area contributed by atoms with Gasteiger partial charge in [-0.15, -0.1) is 11.3 Å². The zero-order valence-corrected chi connectivity index (χ0v) is 13.4. The second kappa shape index (κ2) is 6.74. The molecule has 0 aliphatic rings. The Morgan fingerprint density at radius 2 is 2.21 bits per heavy atom. The number of hydrogen-bond acceptors (Lipinski definition) is 5. The highest BCUT2D eigenvalue weighted by Crippen LogP contribution is 2.26. The lowest BCUT2D eigenvalue weighted by Crippen LogP contribution is -2.30. The predicted octanol–water partition coefficient (Wildman–Crippen LogP) is 2.03. The number of hydrogen-bond donors (Lipinski definition) is 2. The van der Waals surface area contributed by atoms with Gasteiger partial charge in [-0.2, -0.15) is 11.8 Å². The van der Waals surface area contributed by atoms with Crippen LogP contribution < -0.4 is 4.72 Å². The third-order valence-electron chi connectivity index (χ3n) is 2.45. The molecule has 1 unspecified atom stereocenters. The lowest BCUT2D eigenvalue weighted by molar-refractivity contribution is 0.0698. The SMILES string of the molecule is CSCC(C)CNS(=O)(=O)c1c(C)csc1C(=O)O. The summed E-state index contributed by atoms with van der Waals surface area (Å²) < 4.78 is 26.8. The van der Waals surface area contributed by atoms with Gasteiger partial charge in [0.15, 0.2) is 0 Å². The van der Waals surface area contributed by atoms with Crippen molar-refractivity contribution in [2.45, 2.75) is 18.7 Å². The quantitative estimate of drug-likeness (QED) is 0.802. The minimum absolute atomic E-state index is 0.110. The van der Waals surface area contributed by atoms with Crippen LogP contribution >= 0.6 is 23.1 Å². The molecule has 0 fully saturated rings. The molecule has 1 heterocycles. The number of carboxylic acid groups (broad SMARTS) is 1. The number of sulfonamides is 1.